The lowest BCUT2D eigenvalue weighted by atomic mass is 9.97. The minimum atomic E-state index is -3.57. The van der Waals surface area contributed by atoms with Crippen LogP contribution < -0.4 is 15.0 Å². The quantitative estimate of drug-likeness (QED) is 0.623. The van der Waals surface area contributed by atoms with E-state index in [1.54, 1.807) is 31.4 Å². The number of nitrogens with zero attached hydrogens (tertiary/aromatic N) is 2. The summed E-state index contributed by atoms with van der Waals surface area (Å²) in [6.45, 7) is 7.33. The van der Waals surface area contributed by atoms with Gasteiger partial charge in [-0.25, -0.2) is 8.42 Å². The van der Waals surface area contributed by atoms with E-state index >= 15 is 0 Å². The molecule has 1 aliphatic heterocycles. The van der Waals surface area contributed by atoms with E-state index in [2.05, 4.69) is 36.2 Å². The number of carbonyl (C=O) groups excluding carboxylic acids is 1. The van der Waals surface area contributed by atoms with Crippen LogP contribution in [0, 0.1) is 5.92 Å². The number of nitrogens with one attached hydrogen (secondary N) is 1. The molecule has 1 heterocycles. The fourth-order valence-electron chi connectivity index (χ4n) is 4.00. The molecule has 2 aromatic carbocycles. The Morgan fingerprint density at radius 3 is 2.16 bits per heavy atom. The first kappa shape index (κ1) is 24.1. The highest BCUT2D eigenvalue weighted by molar-refractivity contribution is 7.89. The molecule has 0 aliphatic carbocycles. The van der Waals surface area contributed by atoms with Crippen LogP contribution in [0.1, 0.15) is 32.3 Å². The van der Waals surface area contributed by atoms with Gasteiger partial charge in [-0.05, 0) is 68.7 Å². The zero-order valence-corrected chi connectivity index (χ0v) is 19.9. The van der Waals surface area contributed by atoms with E-state index in [-0.39, 0.29) is 16.7 Å². The van der Waals surface area contributed by atoms with Gasteiger partial charge in [0.05, 0.1) is 12.0 Å². The Hall–Kier alpha value is -2.58. The summed E-state index contributed by atoms with van der Waals surface area (Å²) < 4.78 is 32.3. The molecule has 0 saturated carbocycles. The molecule has 174 valence electrons. The fourth-order valence-corrected chi connectivity index (χ4v) is 5.47. The molecule has 2 aromatic rings. The van der Waals surface area contributed by atoms with Crippen molar-refractivity contribution in [3.05, 3.63) is 54.1 Å². The van der Waals surface area contributed by atoms with Crippen LogP contribution in [0.3, 0.4) is 0 Å². The number of anilines is 1. The topological polar surface area (TPSA) is 79.0 Å². The van der Waals surface area contributed by atoms with E-state index in [9.17, 15) is 13.2 Å². The number of amides is 1. The van der Waals surface area contributed by atoms with Gasteiger partial charge in [0.15, 0.2) is 0 Å². The molecule has 0 aromatic heterocycles. The Morgan fingerprint density at radius 2 is 1.62 bits per heavy atom. The molecule has 0 radical (unpaired) electrons. The number of rotatable bonds is 9. The summed E-state index contributed by atoms with van der Waals surface area (Å²) in [5.74, 6) is 0.425. The number of hydrogen-bond acceptors (Lipinski definition) is 5. The number of methoxy groups -OCH3 is 1. The second-order valence-corrected chi connectivity index (χ2v) is 9.85. The predicted molar refractivity (Wildman–Crippen MR) is 126 cm³/mol. The summed E-state index contributed by atoms with van der Waals surface area (Å²) in [5, 5.41) is 3.01. The van der Waals surface area contributed by atoms with Crippen molar-refractivity contribution in [1.82, 2.24) is 9.62 Å². The van der Waals surface area contributed by atoms with Gasteiger partial charge in [-0.2, -0.15) is 4.31 Å². The van der Waals surface area contributed by atoms with Gasteiger partial charge in [-0.1, -0.05) is 12.1 Å². The molecule has 1 amide bonds. The number of hydrogen-bond donors (Lipinski definition) is 1. The van der Waals surface area contributed by atoms with Gasteiger partial charge in [0.1, 0.15) is 5.75 Å². The standard InChI is InChI=1S/C24H33N3O4S/c1-4-26(5-2)21-8-6-19(7-9-21)18-25-24(28)20-14-16-27(17-15-20)32(29,30)23-12-10-22(31-3)11-13-23/h6-13,20H,4-5,14-18H2,1-3H3,(H,25,28). The third-order valence-electron chi connectivity index (χ3n) is 6.05. The van der Waals surface area contributed by atoms with Crippen LogP contribution in [0.4, 0.5) is 5.69 Å². The van der Waals surface area contributed by atoms with Gasteiger partial charge in [0, 0.05) is 44.3 Å². The first-order chi connectivity index (χ1) is 15.4. The van der Waals surface area contributed by atoms with Crippen molar-refractivity contribution in [2.75, 3.05) is 38.2 Å². The van der Waals surface area contributed by atoms with E-state index in [1.165, 1.54) is 9.99 Å². The smallest absolute Gasteiger partial charge is 0.243 e. The molecule has 1 fully saturated rings. The highest BCUT2D eigenvalue weighted by Crippen LogP contribution is 2.25. The summed E-state index contributed by atoms with van der Waals surface area (Å²) in [5.41, 5.74) is 2.23. The molecule has 1 N–H and O–H groups in total. The van der Waals surface area contributed by atoms with Crippen molar-refractivity contribution in [3.63, 3.8) is 0 Å². The Morgan fingerprint density at radius 1 is 1.03 bits per heavy atom. The van der Waals surface area contributed by atoms with Crippen molar-refractivity contribution in [3.8, 4) is 5.75 Å². The van der Waals surface area contributed by atoms with Gasteiger partial charge in [-0.3, -0.25) is 4.79 Å². The maximum absolute atomic E-state index is 12.9. The summed E-state index contributed by atoms with van der Waals surface area (Å²) in [6.07, 6.45) is 1.03. The Labute approximate surface area is 191 Å². The van der Waals surface area contributed by atoms with Gasteiger partial charge < -0.3 is 15.0 Å². The normalized spacial score (nSPS) is 15.3. The molecule has 0 spiro atoms. The zero-order chi connectivity index (χ0) is 23.1. The molecular weight excluding hydrogens is 426 g/mol. The number of piperidine rings is 1. The molecule has 8 heteroatoms. The van der Waals surface area contributed by atoms with Crippen LogP contribution in [-0.4, -0.2) is 51.9 Å². The van der Waals surface area contributed by atoms with E-state index in [0.29, 0.717) is 38.2 Å². The van der Waals surface area contributed by atoms with Crippen LogP contribution in [-0.2, 0) is 21.4 Å². The van der Waals surface area contributed by atoms with Crippen LogP contribution >= 0.6 is 0 Å². The van der Waals surface area contributed by atoms with Crippen molar-refractivity contribution in [2.45, 2.75) is 38.1 Å². The highest BCUT2D eigenvalue weighted by Gasteiger charge is 2.32. The molecule has 0 unspecified atom stereocenters. The maximum atomic E-state index is 12.9. The predicted octanol–water partition coefficient (Wildman–Crippen LogP) is 3.26. The fraction of sp³-hybridized carbons (Fsp3) is 0.458. The minimum Gasteiger partial charge on any atom is -0.497 e. The number of ether oxygens (including phenoxy) is 1. The average molecular weight is 460 g/mol. The molecule has 0 atom stereocenters. The van der Waals surface area contributed by atoms with Gasteiger partial charge >= 0.3 is 0 Å². The molecule has 3 rings (SSSR count). The monoisotopic (exact) mass is 459 g/mol. The highest BCUT2D eigenvalue weighted by atomic mass is 32.2. The van der Waals surface area contributed by atoms with Crippen LogP contribution in [0.5, 0.6) is 5.75 Å². The first-order valence-corrected chi connectivity index (χ1v) is 12.6. The lowest BCUT2D eigenvalue weighted by Gasteiger charge is -2.30. The van der Waals surface area contributed by atoms with E-state index in [1.807, 2.05) is 12.1 Å². The summed E-state index contributed by atoms with van der Waals surface area (Å²) in [4.78, 5) is 15.2. The second kappa shape index (κ2) is 10.8. The van der Waals surface area contributed by atoms with E-state index in [0.717, 1.165) is 18.7 Å². The van der Waals surface area contributed by atoms with Gasteiger partial charge in [0.2, 0.25) is 15.9 Å². The summed E-state index contributed by atoms with van der Waals surface area (Å²) in [7, 11) is -2.02. The first-order valence-electron chi connectivity index (χ1n) is 11.1. The maximum Gasteiger partial charge on any atom is 0.243 e. The Balaban J connectivity index is 1.50. The lowest BCUT2D eigenvalue weighted by molar-refractivity contribution is -0.126. The van der Waals surface area contributed by atoms with Gasteiger partial charge in [-0.15, -0.1) is 0 Å². The largest absolute Gasteiger partial charge is 0.497 e. The molecule has 7 nitrogen and oxygen atoms in total. The molecule has 1 saturated heterocycles. The molecule has 32 heavy (non-hydrogen) atoms. The Kier molecular flexibility index (Phi) is 8.15. The summed E-state index contributed by atoms with van der Waals surface area (Å²) >= 11 is 0. The third-order valence-corrected chi connectivity index (χ3v) is 7.97. The van der Waals surface area contributed by atoms with Crippen molar-refractivity contribution < 1.29 is 17.9 Å². The van der Waals surface area contributed by atoms with E-state index < -0.39 is 10.0 Å². The van der Waals surface area contributed by atoms with Crippen LogP contribution in [0.15, 0.2) is 53.4 Å². The minimum absolute atomic E-state index is 0.0145. The van der Waals surface area contributed by atoms with Crippen molar-refractivity contribution >= 4 is 21.6 Å². The van der Waals surface area contributed by atoms with Crippen molar-refractivity contribution in [2.24, 2.45) is 5.92 Å². The number of carbonyl (C=O) groups is 1. The summed E-state index contributed by atoms with van der Waals surface area (Å²) in [6, 6.07) is 14.6. The molecule has 1 aliphatic rings. The van der Waals surface area contributed by atoms with Crippen LogP contribution in [0.2, 0.25) is 0 Å². The average Bonchev–Trinajstić information content (AvgIpc) is 2.84. The van der Waals surface area contributed by atoms with E-state index in [4.69, 9.17) is 4.74 Å². The second-order valence-electron chi connectivity index (χ2n) is 7.91. The van der Waals surface area contributed by atoms with Crippen molar-refractivity contribution in [1.29, 1.82) is 0 Å². The molecule has 0 bridgehead atoms. The SMILES string of the molecule is CCN(CC)c1ccc(CNC(=O)C2CCN(S(=O)(=O)c3ccc(OC)cc3)CC2)cc1. The molecular formula is C24H33N3O4S. The third kappa shape index (κ3) is 5.61. The number of sulfonamides is 1. The Bertz CT molecular complexity index is 979. The zero-order valence-electron chi connectivity index (χ0n) is 19.1. The number of benzene rings is 2. The van der Waals surface area contributed by atoms with Crippen LogP contribution in [0.25, 0.3) is 0 Å². The lowest BCUT2D eigenvalue weighted by Crippen LogP contribution is -2.42. The van der Waals surface area contributed by atoms with Gasteiger partial charge in [0.25, 0.3) is 0 Å².